The molecule has 6 nitrogen and oxygen atoms in total. The van der Waals surface area contributed by atoms with Gasteiger partial charge in [0.25, 0.3) is 5.91 Å². The molecule has 124 valence electrons. The highest BCUT2D eigenvalue weighted by Crippen LogP contribution is 2.29. The monoisotopic (exact) mass is 327 g/mol. The van der Waals surface area contributed by atoms with Crippen LogP contribution in [0.5, 0.6) is 5.75 Å². The predicted octanol–water partition coefficient (Wildman–Crippen LogP) is 1.91. The zero-order chi connectivity index (χ0) is 17.3. The first kappa shape index (κ1) is 16.0. The van der Waals surface area contributed by atoms with Crippen molar-refractivity contribution in [3.05, 3.63) is 42.0 Å². The van der Waals surface area contributed by atoms with Crippen LogP contribution < -0.4 is 10.1 Å². The Morgan fingerprint density at radius 1 is 1.25 bits per heavy atom. The minimum Gasteiger partial charge on any atom is -0.497 e. The number of carbonyl (C=O) groups excluding carboxylic acids is 3. The Hall–Kier alpha value is -2.89. The van der Waals surface area contributed by atoms with Crippen LogP contribution in [0.1, 0.15) is 24.8 Å². The summed E-state index contributed by atoms with van der Waals surface area (Å²) in [6.45, 7) is 1.72. The molecular weight excluding hydrogens is 310 g/mol. The molecule has 1 saturated heterocycles. The third-order valence-electron chi connectivity index (χ3n) is 4.13. The van der Waals surface area contributed by atoms with Gasteiger partial charge in [-0.3, -0.25) is 19.7 Å². The van der Waals surface area contributed by atoms with E-state index in [2.05, 4.69) is 5.32 Å². The third-order valence-corrected chi connectivity index (χ3v) is 4.13. The van der Waals surface area contributed by atoms with E-state index in [4.69, 9.17) is 9.47 Å². The summed E-state index contributed by atoms with van der Waals surface area (Å²) in [5.41, 5.74) is 0.796. The number of imide groups is 1. The first-order valence-corrected chi connectivity index (χ1v) is 7.60. The van der Waals surface area contributed by atoms with Gasteiger partial charge < -0.3 is 9.47 Å². The Bertz CT molecular complexity index is 829. The molecule has 1 heterocycles. The molecule has 0 saturated carbocycles. The van der Waals surface area contributed by atoms with E-state index in [1.807, 2.05) is 36.4 Å². The number of carbonyl (C=O) groups is 3. The Kier molecular flexibility index (Phi) is 4.20. The van der Waals surface area contributed by atoms with Gasteiger partial charge in [-0.15, -0.1) is 0 Å². The molecule has 1 fully saturated rings. The van der Waals surface area contributed by atoms with Crippen molar-refractivity contribution < 1.29 is 23.9 Å². The van der Waals surface area contributed by atoms with E-state index >= 15 is 0 Å². The van der Waals surface area contributed by atoms with Crippen LogP contribution in [0.4, 0.5) is 0 Å². The van der Waals surface area contributed by atoms with Crippen LogP contribution in [-0.4, -0.2) is 31.0 Å². The summed E-state index contributed by atoms with van der Waals surface area (Å²) < 4.78 is 10.4. The molecule has 6 heteroatoms. The lowest BCUT2D eigenvalue weighted by Crippen LogP contribution is -2.29. The quantitative estimate of drug-likeness (QED) is 0.685. The number of benzene rings is 2. The first-order chi connectivity index (χ1) is 11.5. The zero-order valence-electron chi connectivity index (χ0n) is 13.4. The molecule has 0 bridgehead atoms. The van der Waals surface area contributed by atoms with Crippen LogP contribution in [0, 0.1) is 0 Å². The molecule has 0 spiro atoms. The van der Waals surface area contributed by atoms with E-state index in [9.17, 15) is 14.4 Å². The van der Waals surface area contributed by atoms with E-state index in [0.717, 1.165) is 22.1 Å². The minimum absolute atomic E-state index is 0.121. The smallest absolute Gasteiger partial charge is 0.313 e. The largest absolute Gasteiger partial charge is 0.497 e. The first-order valence-electron chi connectivity index (χ1n) is 7.60. The fourth-order valence-electron chi connectivity index (χ4n) is 2.79. The van der Waals surface area contributed by atoms with Crippen LogP contribution in [0.25, 0.3) is 10.8 Å². The van der Waals surface area contributed by atoms with E-state index in [1.165, 1.54) is 0 Å². The Morgan fingerprint density at radius 2 is 2.04 bits per heavy atom. The number of nitrogens with one attached hydrogen (secondary N) is 1. The molecule has 2 aromatic carbocycles. The average molecular weight is 327 g/mol. The van der Waals surface area contributed by atoms with Crippen molar-refractivity contribution >= 4 is 28.6 Å². The van der Waals surface area contributed by atoms with Gasteiger partial charge in [0, 0.05) is 0 Å². The van der Waals surface area contributed by atoms with Crippen LogP contribution in [0.3, 0.4) is 0 Å². The summed E-state index contributed by atoms with van der Waals surface area (Å²) in [5.74, 6) is -1.36. The molecule has 0 radical (unpaired) electrons. The Balaban J connectivity index is 1.85. The third kappa shape index (κ3) is 2.95. The number of hydrogen-bond acceptors (Lipinski definition) is 5. The molecule has 24 heavy (non-hydrogen) atoms. The van der Waals surface area contributed by atoms with E-state index in [-0.39, 0.29) is 6.42 Å². The highest BCUT2D eigenvalue weighted by atomic mass is 16.5. The Labute approximate surface area is 138 Å². The van der Waals surface area contributed by atoms with Crippen LogP contribution >= 0.6 is 0 Å². The summed E-state index contributed by atoms with van der Waals surface area (Å²) in [5, 5.41) is 3.98. The maximum absolute atomic E-state index is 12.4. The van der Waals surface area contributed by atoms with Crippen LogP contribution in [0.15, 0.2) is 36.4 Å². The molecule has 2 aromatic rings. The number of esters is 1. The molecule has 3 rings (SSSR count). The van der Waals surface area contributed by atoms with Crippen molar-refractivity contribution in [2.75, 3.05) is 7.11 Å². The van der Waals surface area contributed by atoms with Gasteiger partial charge in [0.15, 0.2) is 6.10 Å². The fraction of sp³-hybridized carbons (Fsp3) is 0.278. The van der Waals surface area contributed by atoms with Gasteiger partial charge in [-0.25, -0.2) is 0 Å². The lowest BCUT2D eigenvalue weighted by Gasteiger charge is -2.16. The van der Waals surface area contributed by atoms with Gasteiger partial charge >= 0.3 is 5.97 Å². The van der Waals surface area contributed by atoms with Crippen molar-refractivity contribution in [3.63, 3.8) is 0 Å². The predicted molar refractivity (Wildman–Crippen MR) is 86.6 cm³/mol. The minimum atomic E-state index is -1.04. The highest BCUT2D eigenvalue weighted by molar-refractivity contribution is 6.05. The van der Waals surface area contributed by atoms with Gasteiger partial charge in [-0.05, 0) is 35.4 Å². The van der Waals surface area contributed by atoms with Crippen LogP contribution in [0.2, 0.25) is 0 Å². The van der Waals surface area contributed by atoms with Gasteiger partial charge in [0.1, 0.15) is 5.75 Å². The lowest BCUT2D eigenvalue weighted by atomic mass is 9.94. The summed E-state index contributed by atoms with van der Waals surface area (Å²) in [6.07, 6.45) is -1.16. The topological polar surface area (TPSA) is 81.7 Å². The number of ether oxygens (including phenoxy) is 2. The van der Waals surface area contributed by atoms with E-state index in [0.29, 0.717) is 0 Å². The normalized spacial score (nSPS) is 18.3. The Morgan fingerprint density at radius 3 is 2.71 bits per heavy atom. The van der Waals surface area contributed by atoms with Crippen molar-refractivity contribution in [1.29, 1.82) is 0 Å². The SMILES string of the molecule is COc1ccc2c(C(C)C(=O)OC3CC(=O)NC3=O)cccc2c1. The number of amides is 2. The van der Waals surface area contributed by atoms with Gasteiger partial charge in [0.2, 0.25) is 5.91 Å². The van der Waals surface area contributed by atoms with Crippen molar-refractivity contribution in [2.24, 2.45) is 0 Å². The van der Waals surface area contributed by atoms with Crippen molar-refractivity contribution in [2.45, 2.75) is 25.4 Å². The molecular formula is C18H17NO5. The van der Waals surface area contributed by atoms with E-state index in [1.54, 1.807) is 14.0 Å². The average Bonchev–Trinajstić information content (AvgIpc) is 2.90. The number of hydrogen-bond donors (Lipinski definition) is 1. The molecule has 2 amide bonds. The molecule has 1 aliphatic heterocycles. The van der Waals surface area contributed by atoms with Crippen molar-refractivity contribution in [3.8, 4) is 5.75 Å². The zero-order valence-corrected chi connectivity index (χ0v) is 13.4. The van der Waals surface area contributed by atoms with Crippen molar-refractivity contribution in [1.82, 2.24) is 5.32 Å². The highest BCUT2D eigenvalue weighted by Gasteiger charge is 2.35. The number of methoxy groups -OCH3 is 1. The second kappa shape index (κ2) is 6.31. The molecule has 0 aromatic heterocycles. The lowest BCUT2D eigenvalue weighted by molar-refractivity contribution is -0.155. The summed E-state index contributed by atoms with van der Waals surface area (Å²) in [4.78, 5) is 35.1. The summed E-state index contributed by atoms with van der Waals surface area (Å²) >= 11 is 0. The second-order valence-electron chi connectivity index (χ2n) is 5.70. The second-order valence-corrected chi connectivity index (χ2v) is 5.70. The standard InChI is InChI=1S/C18H17NO5/c1-10(18(22)24-15-9-16(20)19-17(15)21)13-5-3-4-11-8-12(23-2)6-7-14(11)13/h3-8,10,15H,9H2,1-2H3,(H,19,20,21). The number of fused-ring (bicyclic) bond motifs is 1. The summed E-state index contributed by atoms with van der Waals surface area (Å²) in [7, 11) is 1.60. The molecule has 2 atom stereocenters. The molecule has 1 aliphatic rings. The van der Waals surface area contributed by atoms with E-state index < -0.39 is 29.8 Å². The van der Waals surface area contributed by atoms with Crippen LogP contribution in [-0.2, 0) is 19.1 Å². The molecule has 2 unspecified atom stereocenters. The summed E-state index contributed by atoms with van der Waals surface area (Å²) in [6, 6.07) is 11.2. The van der Waals surface area contributed by atoms with Gasteiger partial charge in [-0.2, -0.15) is 0 Å². The molecule has 0 aliphatic carbocycles. The molecule has 1 N–H and O–H groups in total. The maximum Gasteiger partial charge on any atom is 0.313 e. The maximum atomic E-state index is 12.4. The van der Waals surface area contributed by atoms with Gasteiger partial charge in [-0.1, -0.05) is 24.3 Å². The number of rotatable bonds is 4. The fourth-order valence-corrected chi connectivity index (χ4v) is 2.79. The van der Waals surface area contributed by atoms with Gasteiger partial charge in [0.05, 0.1) is 19.4 Å².